The van der Waals surface area contributed by atoms with Crippen LogP contribution >= 0.6 is 11.3 Å². The van der Waals surface area contributed by atoms with Crippen molar-refractivity contribution < 1.29 is 14.3 Å². The summed E-state index contributed by atoms with van der Waals surface area (Å²) in [6.45, 7) is 2.32. The molecule has 2 aromatic heterocycles. The number of carbonyl (C=O) groups is 1. The van der Waals surface area contributed by atoms with Gasteiger partial charge < -0.3 is 14.8 Å². The fourth-order valence-electron chi connectivity index (χ4n) is 3.49. The molecule has 0 aliphatic carbocycles. The van der Waals surface area contributed by atoms with Gasteiger partial charge in [-0.3, -0.25) is 14.2 Å². The Morgan fingerprint density at radius 3 is 2.49 bits per heavy atom. The Balaban J connectivity index is 1.31. The lowest BCUT2D eigenvalue weighted by Gasteiger charge is -2.08. The largest absolute Gasteiger partial charge is 0.493 e. The van der Waals surface area contributed by atoms with Crippen molar-refractivity contribution in [3.8, 4) is 33.3 Å². The van der Waals surface area contributed by atoms with Gasteiger partial charge in [-0.25, -0.2) is 9.97 Å². The number of nitrogens with zero attached hydrogens (tertiary/aromatic N) is 3. The predicted molar refractivity (Wildman–Crippen MR) is 136 cm³/mol. The van der Waals surface area contributed by atoms with Gasteiger partial charge in [0.15, 0.2) is 11.5 Å². The molecule has 0 aliphatic rings. The van der Waals surface area contributed by atoms with Gasteiger partial charge in [0.1, 0.15) is 11.6 Å². The molecule has 0 atom stereocenters. The standard InChI is InChI=1S/C26H26N4O4S/c1-17-4-6-18(7-5-17)21-13-25(32)30(16-28-21)14-24(31)27-11-10-20-15-35-26(29-20)19-8-9-22(33-2)23(12-19)34-3/h4-9,12-13,15-16H,10-11,14H2,1-3H3,(H,27,31). The molecule has 1 N–H and O–H groups in total. The SMILES string of the molecule is COc1ccc(-c2nc(CCNC(=O)Cn3cnc(-c4ccc(C)cc4)cc3=O)cs2)cc1OC. The van der Waals surface area contributed by atoms with E-state index in [4.69, 9.17) is 9.47 Å². The predicted octanol–water partition coefficient (Wildman–Crippen LogP) is 3.72. The summed E-state index contributed by atoms with van der Waals surface area (Å²) >= 11 is 1.53. The smallest absolute Gasteiger partial charge is 0.254 e. The van der Waals surface area contributed by atoms with Crippen LogP contribution in [0.4, 0.5) is 0 Å². The van der Waals surface area contributed by atoms with Crippen molar-refractivity contribution in [1.29, 1.82) is 0 Å². The Hall–Kier alpha value is -3.98. The minimum absolute atomic E-state index is 0.0893. The molecule has 4 aromatic rings. The first-order valence-electron chi connectivity index (χ1n) is 11.0. The highest BCUT2D eigenvalue weighted by atomic mass is 32.1. The molecular formula is C26H26N4O4S. The van der Waals surface area contributed by atoms with E-state index in [0.29, 0.717) is 30.2 Å². The maximum Gasteiger partial charge on any atom is 0.254 e. The minimum atomic E-state index is -0.273. The lowest BCUT2D eigenvalue weighted by atomic mass is 10.1. The van der Waals surface area contributed by atoms with Crippen LogP contribution in [-0.4, -0.2) is 41.2 Å². The van der Waals surface area contributed by atoms with Crippen molar-refractivity contribution in [2.75, 3.05) is 20.8 Å². The molecule has 0 saturated heterocycles. The summed E-state index contributed by atoms with van der Waals surface area (Å²) < 4.78 is 11.9. The van der Waals surface area contributed by atoms with Crippen LogP contribution in [0.3, 0.4) is 0 Å². The fraction of sp³-hybridized carbons (Fsp3) is 0.231. The molecule has 0 spiro atoms. The highest BCUT2D eigenvalue weighted by molar-refractivity contribution is 7.13. The Bertz CT molecular complexity index is 1380. The van der Waals surface area contributed by atoms with Crippen molar-refractivity contribution in [3.63, 3.8) is 0 Å². The summed E-state index contributed by atoms with van der Waals surface area (Å²) in [5, 5.41) is 5.67. The van der Waals surface area contributed by atoms with Crippen molar-refractivity contribution in [1.82, 2.24) is 19.9 Å². The monoisotopic (exact) mass is 490 g/mol. The molecule has 1 amide bonds. The molecule has 2 aromatic carbocycles. The molecule has 0 unspecified atom stereocenters. The third-order valence-corrected chi connectivity index (χ3v) is 6.37. The van der Waals surface area contributed by atoms with E-state index in [0.717, 1.165) is 27.4 Å². The zero-order valence-electron chi connectivity index (χ0n) is 19.8. The van der Waals surface area contributed by atoms with E-state index in [2.05, 4.69) is 15.3 Å². The fourth-order valence-corrected chi connectivity index (χ4v) is 4.34. The van der Waals surface area contributed by atoms with Crippen molar-refractivity contribution in [3.05, 3.63) is 81.8 Å². The molecule has 8 nitrogen and oxygen atoms in total. The highest BCUT2D eigenvalue weighted by Crippen LogP contribution is 2.33. The van der Waals surface area contributed by atoms with E-state index in [9.17, 15) is 9.59 Å². The van der Waals surface area contributed by atoms with E-state index in [1.165, 1.54) is 28.3 Å². The number of aryl methyl sites for hydroxylation is 1. The van der Waals surface area contributed by atoms with Gasteiger partial charge in [0.25, 0.3) is 5.56 Å². The number of rotatable bonds is 9. The van der Waals surface area contributed by atoms with Gasteiger partial charge in [-0.2, -0.15) is 0 Å². The normalized spacial score (nSPS) is 10.7. The molecule has 0 bridgehead atoms. The molecule has 0 aliphatic heterocycles. The summed E-state index contributed by atoms with van der Waals surface area (Å²) in [5.74, 6) is 1.05. The zero-order chi connectivity index (χ0) is 24.8. The molecule has 4 rings (SSSR count). The van der Waals surface area contributed by atoms with Gasteiger partial charge in [0.05, 0.1) is 31.9 Å². The number of nitrogens with one attached hydrogen (secondary N) is 1. The third kappa shape index (κ3) is 5.93. The third-order valence-electron chi connectivity index (χ3n) is 5.43. The van der Waals surface area contributed by atoms with Crippen LogP contribution in [0.5, 0.6) is 11.5 Å². The Labute approximate surface area is 207 Å². The number of amides is 1. The second-order valence-corrected chi connectivity index (χ2v) is 8.78. The topological polar surface area (TPSA) is 95.3 Å². The van der Waals surface area contributed by atoms with E-state index in [1.807, 2.05) is 54.8 Å². The number of hydrogen-bond acceptors (Lipinski definition) is 7. The van der Waals surface area contributed by atoms with Crippen molar-refractivity contribution in [2.45, 2.75) is 19.9 Å². The van der Waals surface area contributed by atoms with Gasteiger partial charge in [0.2, 0.25) is 5.91 Å². The number of thiazole rings is 1. The van der Waals surface area contributed by atoms with Crippen molar-refractivity contribution in [2.24, 2.45) is 0 Å². The number of carbonyl (C=O) groups excluding carboxylic acids is 1. The molecule has 9 heteroatoms. The van der Waals surface area contributed by atoms with E-state index in [1.54, 1.807) is 14.2 Å². The average Bonchev–Trinajstić information content (AvgIpc) is 3.34. The number of benzene rings is 2. The second-order valence-electron chi connectivity index (χ2n) is 7.92. The van der Waals surface area contributed by atoms with Gasteiger partial charge in [-0.1, -0.05) is 29.8 Å². The lowest BCUT2D eigenvalue weighted by molar-refractivity contribution is -0.121. The quantitative estimate of drug-likeness (QED) is 0.384. The van der Waals surface area contributed by atoms with Crippen LogP contribution in [0.1, 0.15) is 11.3 Å². The van der Waals surface area contributed by atoms with Gasteiger partial charge in [-0.05, 0) is 25.1 Å². The van der Waals surface area contributed by atoms with Gasteiger partial charge in [0, 0.05) is 35.5 Å². The van der Waals surface area contributed by atoms with Gasteiger partial charge in [-0.15, -0.1) is 11.3 Å². The number of methoxy groups -OCH3 is 2. The van der Waals surface area contributed by atoms with E-state index in [-0.39, 0.29) is 18.0 Å². The second kappa shape index (κ2) is 11.0. The summed E-state index contributed by atoms with van der Waals surface area (Å²) in [6, 6.07) is 14.9. The highest BCUT2D eigenvalue weighted by Gasteiger charge is 2.11. The minimum Gasteiger partial charge on any atom is -0.493 e. The van der Waals surface area contributed by atoms with Crippen LogP contribution in [0.25, 0.3) is 21.8 Å². The summed E-state index contributed by atoms with van der Waals surface area (Å²) in [5.41, 5.74) is 4.11. The van der Waals surface area contributed by atoms with Crippen LogP contribution in [0, 0.1) is 6.92 Å². The Morgan fingerprint density at radius 2 is 1.77 bits per heavy atom. The number of ether oxygens (including phenoxy) is 2. The zero-order valence-corrected chi connectivity index (χ0v) is 20.6. The maximum atomic E-state index is 12.5. The molecule has 0 saturated carbocycles. The Morgan fingerprint density at radius 1 is 1.03 bits per heavy atom. The maximum absolute atomic E-state index is 12.5. The van der Waals surface area contributed by atoms with Gasteiger partial charge >= 0.3 is 0 Å². The molecule has 180 valence electrons. The molecule has 35 heavy (non-hydrogen) atoms. The van der Waals surface area contributed by atoms with Crippen molar-refractivity contribution >= 4 is 17.2 Å². The number of hydrogen-bond donors (Lipinski definition) is 1. The van der Waals surface area contributed by atoms with E-state index >= 15 is 0 Å². The lowest BCUT2D eigenvalue weighted by Crippen LogP contribution is -2.33. The Kier molecular flexibility index (Phi) is 7.57. The summed E-state index contributed by atoms with van der Waals surface area (Å²) in [4.78, 5) is 33.8. The molecule has 0 radical (unpaired) electrons. The summed E-state index contributed by atoms with van der Waals surface area (Å²) in [7, 11) is 3.20. The summed E-state index contributed by atoms with van der Waals surface area (Å²) in [6.07, 6.45) is 1.99. The van der Waals surface area contributed by atoms with Crippen LogP contribution in [0.15, 0.2) is 65.0 Å². The molecule has 0 fully saturated rings. The van der Waals surface area contributed by atoms with Crippen LogP contribution in [0.2, 0.25) is 0 Å². The first kappa shape index (κ1) is 24.2. The first-order valence-corrected chi connectivity index (χ1v) is 11.9. The number of aromatic nitrogens is 3. The first-order chi connectivity index (χ1) is 17.0. The molecule has 2 heterocycles. The van der Waals surface area contributed by atoms with Crippen LogP contribution in [-0.2, 0) is 17.8 Å². The van der Waals surface area contributed by atoms with Crippen LogP contribution < -0.4 is 20.3 Å². The average molecular weight is 491 g/mol. The molecular weight excluding hydrogens is 464 g/mol. The van der Waals surface area contributed by atoms with E-state index < -0.39 is 0 Å².